The van der Waals surface area contributed by atoms with Crippen LogP contribution in [0, 0.1) is 18.3 Å². The lowest BCUT2D eigenvalue weighted by Crippen LogP contribution is -2.18. The van der Waals surface area contributed by atoms with Gasteiger partial charge in [-0.1, -0.05) is 25.1 Å². The van der Waals surface area contributed by atoms with Crippen LogP contribution in [0.3, 0.4) is 0 Å². The quantitative estimate of drug-likeness (QED) is 0.471. The molecule has 3 heterocycles. The van der Waals surface area contributed by atoms with Crippen molar-refractivity contribution >= 4 is 22.6 Å². The molecule has 0 aliphatic carbocycles. The number of nitrogens with zero attached hydrogens (tertiary/aromatic N) is 5. The number of hydrogen-bond donors (Lipinski definition) is 2. The summed E-state index contributed by atoms with van der Waals surface area (Å²) < 4.78 is 0. The average Bonchev–Trinajstić information content (AvgIpc) is 2.86. The molecule has 1 amide bonds. The molecule has 3 aromatic heterocycles. The highest BCUT2D eigenvalue weighted by Gasteiger charge is 2.16. The molecule has 0 saturated heterocycles. The molecule has 0 bridgehead atoms. The number of hydrogen-bond acceptors (Lipinski definition) is 7. The minimum Gasteiger partial charge on any atom is -0.369 e. The molecule has 4 aromatic rings. The summed E-state index contributed by atoms with van der Waals surface area (Å²) in [5.74, 6) is 1.27. The number of anilines is 1. The Morgan fingerprint density at radius 3 is 2.64 bits per heavy atom. The van der Waals surface area contributed by atoms with Crippen LogP contribution in [0.5, 0.6) is 0 Å². The number of pyridine rings is 2. The molecular weight excluding hydrogens is 414 g/mol. The molecule has 0 unspecified atom stereocenters. The fourth-order valence-electron chi connectivity index (χ4n) is 3.71. The third kappa shape index (κ3) is 4.48. The van der Waals surface area contributed by atoms with Gasteiger partial charge in [0.05, 0.1) is 16.6 Å². The number of aryl methyl sites for hydroxylation is 1. The van der Waals surface area contributed by atoms with Crippen molar-refractivity contribution in [3.05, 3.63) is 77.6 Å². The van der Waals surface area contributed by atoms with Crippen LogP contribution < -0.4 is 10.6 Å². The highest BCUT2D eigenvalue weighted by molar-refractivity contribution is 6.06. The maximum atomic E-state index is 12.2. The van der Waals surface area contributed by atoms with Crippen LogP contribution in [0.2, 0.25) is 0 Å². The van der Waals surface area contributed by atoms with Gasteiger partial charge in [-0.2, -0.15) is 5.26 Å². The second-order valence-electron chi connectivity index (χ2n) is 7.71. The number of carbonyl (C=O) groups is 1. The monoisotopic (exact) mass is 437 g/mol. The number of rotatable bonds is 6. The maximum absolute atomic E-state index is 12.2. The van der Waals surface area contributed by atoms with Gasteiger partial charge in [-0.05, 0) is 24.6 Å². The summed E-state index contributed by atoms with van der Waals surface area (Å²) in [6, 6.07) is 11.6. The van der Waals surface area contributed by atoms with Crippen LogP contribution in [-0.4, -0.2) is 39.4 Å². The number of nitrogens with one attached hydrogen (secondary N) is 2. The predicted molar refractivity (Wildman–Crippen MR) is 127 cm³/mol. The van der Waals surface area contributed by atoms with E-state index in [-0.39, 0.29) is 11.8 Å². The van der Waals surface area contributed by atoms with Gasteiger partial charge >= 0.3 is 0 Å². The number of aromatic nitrogens is 4. The molecule has 0 fully saturated rings. The predicted octanol–water partition coefficient (Wildman–Crippen LogP) is 3.84. The van der Waals surface area contributed by atoms with Crippen molar-refractivity contribution in [1.29, 1.82) is 5.26 Å². The van der Waals surface area contributed by atoms with E-state index in [1.165, 1.54) is 0 Å². The highest BCUT2D eigenvalue weighted by Crippen LogP contribution is 2.28. The van der Waals surface area contributed by atoms with Gasteiger partial charge in [0.2, 0.25) is 0 Å². The van der Waals surface area contributed by atoms with Gasteiger partial charge in [-0.15, -0.1) is 0 Å². The fraction of sp³-hybridized carbons (Fsp3) is 0.200. The van der Waals surface area contributed by atoms with Gasteiger partial charge in [0.15, 0.2) is 0 Å². The first-order valence-corrected chi connectivity index (χ1v) is 10.5. The first-order valence-electron chi connectivity index (χ1n) is 10.5. The van der Waals surface area contributed by atoms with E-state index in [0.717, 1.165) is 27.6 Å². The Morgan fingerprint density at radius 2 is 1.91 bits per heavy atom. The van der Waals surface area contributed by atoms with E-state index in [9.17, 15) is 10.1 Å². The molecule has 164 valence electrons. The summed E-state index contributed by atoms with van der Waals surface area (Å²) in [4.78, 5) is 29.6. The lowest BCUT2D eigenvalue weighted by Gasteiger charge is -2.17. The van der Waals surface area contributed by atoms with Crippen molar-refractivity contribution in [2.24, 2.45) is 0 Å². The van der Waals surface area contributed by atoms with Crippen molar-refractivity contribution in [3.8, 4) is 17.2 Å². The van der Waals surface area contributed by atoms with Crippen LogP contribution in [0.4, 0.5) is 5.82 Å². The standard InChI is InChI=1S/C25H23N7O/c1-15(19-5-4-6-20-21(25(33)27-3)7-8-28-24(19)20)11-31-23-9-22(17(10-26)12-32-23)18-13-29-16(2)30-14-18/h4-9,12-15H,11H2,1-3H3,(H,27,33)(H,31,32)/t15-/m1/s1. The van der Waals surface area contributed by atoms with Crippen molar-refractivity contribution in [2.75, 3.05) is 18.9 Å². The van der Waals surface area contributed by atoms with Crippen molar-refractivity contribution < 1.29 is 4.79 Å². The van der Waals surface area contributed by atoms with E-state index >= 15 is 0 Å². The molecule has 0 aliphatic rings. The van der Waals surface area contributed by atoms with Crippen LogP contribution in [-0.2, 0) is 0 Å². The van der Waals surface area contributed by atoms with E-state index in [1.807, 2.05) is 31.2 Å². The normalized spacial score (nSPS) is 11.6. The van der Waals surface area contributed by atoms with Crippen LogP contribution in [0.15, 0.2) is 55.1 Å². The molecule has 2 N–H and O–H groups in total. The summed E-state index contributed by atoms with van der Waals surface area (Å²) in [5.41, 5.74) is 4.38. The van der Waals surface area contributed by atoms with Crippen molar-refractivity contribution in [3.63, 3.8) is 0 Å². The zero-order chi connectivity index (χ0) is 23.4. The number of benzene rings is 1. The first kappa shape index (κ1) is 21.8. The molecular formula is C25H23N7O. The van der Waals surface area contributed by atoms with Crippen molar-refractivity contribution in [1.82, 2.24) is 25.3 Å². The zero-order valence-electron chi connectivity index (χ0n) is 18.6. The summed E-state index contributed by atoms with van der Waals surface area (Å²) in [6.07, 6.45) is 6.62. The third-order valence-corrected chi connectivity index (χ3v) is 5.51. The lowest BCUT2D eigenvalue weighted by atomic mass is 9.96. The van der Waals surface area contributed by atoms with Crippen LogP contribution >= 0.6 is 0 Å². The molecule has 0 radical (unpaired) electrons. The smallest absolute Gasteiger partial charge is 0.251 e. The minimum absolute atomic E-state index is 0.0877. The topological polar surface area (TPSA) is 116 Å². The molecule has 0 saturated carbocycles. The summed E-state index contributed by atoms with van der Waals surface area (Å²) in [7, 11) is 1.62. The van der Waals surface area contributed by atoms with Gasteiger partial charge in [-0.25, -0.2) is 15.0 Å². The molecule has 8 heteroatoms. The Kier molecular flexibility index (Phi) is 6.22. The second-order valence-corrected chi connectivity index (χ2v) is 7.71. The number of amides is 1. The molecule has 1 aromatic carbocycles. The Hall–Kier alpha value is -4.38. The lowest BCUT2D eigenvalue weighted by molar-refractivity contribution is 0.0964. The van der Waals surface area contributed by atoms with Crippen LogP contribution in [0.25, 0.3) is 22.0 Å². The number of nitriles is 1. The van der Waals surface area contributed by atoms with Crippen molar-refractivity contribution in [2.45, 2.75) is 19.8 Å². The SMILES string of the molecule is CNC(=O)c1ccnc2c([C@H](C)CNc3cc(-c4cnc(C)nc4)c(C#N)cn3)cccc12. The number of carbonyl (C=O) groups excluding carboxylic acids is 1. The van der Waals surface area contributed by atoms with Gasteiger partial charge in [0.25, 0.3) is 5.91 Å². The van der Waals surface area contributed by atoms with Gasteiger partial charge in [-0.3, -0.25) is 9.78 Å². The third-order valence-electron chi connectivity index (χ3n) is 5.51. The second kappa shape index (κ2) is 9.40. The summed E-state index contributed by atoms with van der Waals surface area (Å²) in [5, 5.41) is 16.3. The maximum Gasteiger partial charge on any atom is 0.251 e. The Balaban J connectivity index is 1.60. The van der Waals surface area contributed by atoms with E-state index < -0.39 is 0 Å². The molecule has 1 atom stereocenters. The first-order chi connectivity index (χ1) is 16.0. The zero-order valence-corrected chi connectivity index (χ0v) is 18.6. The van der Waals surface area contributed by atoms with Gasteiger partial charge in [0, 0.05) is 60.8 Å². The Labute approximate surface area is 191 Å². The summed E-state index contributed by atoms with van der Waals surface area (Å²) in [6.45, 7) is 4.50. The Morgan fingerprint density at radius 1 is 1.12 bits per heavy atom. The molecule has 0 aliphatic heterocycles. The average molecular weight is 438 g/mol. The summed E-state index contributed by atoms with van der Waals surface area (Å²) >= 11 is 0. The molecule has 0 spiro atoms. The fourth-order valence-corrected chi connectivity index (χ4v) is 3.71. The van der Waals surface area contributed by atoms with E-state index in [4.69, 9.17) is 0 Å². The van der Waals surface area contributed by atoms with Crippen LogP contribution in [0.1, 0.15) is 40.2 Å². The minimum atomic E-state index is -0.139. The Bertz CT molecular complexity index is 1360. The highest BCUT2D eigenvalue weighted by atomic mass is 16.1. The number of para-hydroxylation sites is 1. The molecule has 4 rings (SSSR count). The van der Waals surface area contributed by atoms with Gasteiger partial charge in [0.1, 0.15) is 17.7 Å². The van der Waals surface area contributed by atoms with E-state index in [2.05, 4.69) is 43.6 Å². The molecule has 8 nitrogen and oxygen atoms in total. The van der Waals surface area contributed by atoms with Gasteiger partial charge < -0.3 is 10.6 Å². The van der Waals surface area contributed by atoms with E-state index in [1.54, 1.807) is 37.9 Å². The number of fused-ring (bicyclic) bond motifs is 1. The largest absolute Gasteiger partial charge is 0.369 e. The molecule has 33 heavy (non-hydrogen) atoms. The van der Waals surface area contributed by atoms with E-state index in [0.29, 0.717) is 29.3 Å².